The highest BCUT2D eigenvalue weighted by Crippen LogP contribution is 2.35. The van der Waals surface area contributed by atoms with E-state index in [9.17, 15) is 29.6 Å². The second-order valence-corrected chi connectivity index (χ2v) is 11.0. The number of nitro groups is 1. The van der Waals surface area contributed by atoms with Crippen LogP contribution >= 0.6 is 27.5 Å². The highest BCUT2D eigenvalue weighted by Gasteiger charge is 2.34. The van der Waals surface area contributed by atoms with E-state index in [2.05, 4.69) is 26.2 Å². The van der Waals surface area contributed by atoms with Gasteiger partial charge in [0.15, 0.2) is 0 Å². The lowest BCUT2D eigenvalue weighted by Gasteiger charge is -2.35. The molecule has 2 saturated heterocycles. The average molecular weight is 597 g/mol. The number of halogens is 2. The third-order valence-corrected chi connectivity index (χ3v) is 7.23. The Labute approximate surface area is 226 Å². The standard InChI is InChI=1S/C24H27BrClN5O6/c1-13-5-14(6-21(33)27-13)23(34)29-4-2-3-17(11-29)28-22-19(7-15(25)8-20(22)31(36)37)24(35)30-10-16(26)9-18(32)12-30/h5-8,16-18,28,32H,2-4,9-12H2,1H3,(H,27,33)/t16?,17-,18?/m1/s1. The zero-order valence-electron chi connectivity index (χ0n) is 20.1. The SMILES string of the molecule is Cc1cc(C(=O)N2CCC[C@@H](Nc3c(C(=O)N4CC(O)CC(Cl)C4)cc(Br)cc3[N+](=O)[O-])C2)cc(=O)[nH]1. The molecule has 0 radical (unpaired) electrons. The van der Waals surface area contributed by atoms with Gasteiger partial charge in [0.1, 0.15) is 5.69 Å². The summed E-state index contributed by atoms with van der Waals surface area (Å²) in [4.78, 5) is 55.4. The summed E-state index contributed by atoms with van der Waals surface area (Å²) in [6.07, 6.45) is 0.815. The Bertz CT molecular complexity index is 1280. The number of carbonyl (C=O) groups excluding carboxylic acids is 2. The predicted molar refractivity (Wildman–Crippen MR) is 141 cm³/mol. The molecule has 2 aromatic rings. The van der Waals surface area contributed by atoms with Gasteiger partial charge in [-0.2, -0.15) is 0 Å². The van der Waals surface area contributed by atoms with Crippen LogP contribution in [-0.2, 0) is 0 Å². The zero-order chi connectivity index (χ0) is 26.9. The molecule has 13 heteroatoms. The van der Waals surface area contributed by atoms with Crippen molar-refractivity contribution in [3.63, 3.8) is 0 Å². The van der Waals surface area contributed by atoms with E-state index >= 15 is 0 Å². The Morgan fingerprint density at radius 2 is 1.95 bits per heavy atom. The Morgan fingerprint density at radius 1 is 1.19 bits per heavy atom. The summed E-state index contributed by atoms with van der Waals surface area (Å²) < 4.78 is 0.359. The Balaban J connectivity index is 1.62. The number of β-amino-alcohol motifs (C(OH)–C–C–N with tert-alkyl or cyclic N) is 1. The van der Waals surface area contributed by atoms with Crippen molar-refractivity contribution in [2.75, 3.05) is 31.5 Å². The van der Waals surface area contributed by atoms with Crippen LogP contribution in [0.25, 0.3) is 0 Å². The van der Waals surface area contributed by atoms with Crippen LogP contribution in [0.1, 0.15) is 45.7 Å². The van der Waals surface area contributed by atoms with E-state index < -0.39 is 22.3 Å². The maximum absolute atomic E-state index is 13.5. The van der Waals surface area contributed by atoms with Crippen LogP contribution in [0.2, 0.25) is 0 Å². The minimum atomic E-state index is -0.787. The van der Waals surface area contributed by atoms with E-state index in [-0.39, 0.29) is 59.6 Å². The molecular weight excluding hydrogens is 570 g/mol. The molecule has 0 bridgehead atoms. The van der Waals surface area contributed by atoms with E-state index in [1.165, 1.54) is 23.1 Å². The van der Waals surface area contributed by atoms with Crippen LogP contribution in [0.3, 0.4) is 0 Å². The van der Waals surface area contributed by atoms with Gasteiger partial charge >= 0.3 is 0 Å². The summed E-state index contributed by atoms with van der Waals surface area (Å²) in [5, 5.41) is 24.8. The first-order valence-corrected chi connectivity index (χ1v) is 13.1. The summed E-state index contributed by atoms with van der Waals surface area (Å²) in [5.41, 5.74) is 0.310. The number of aromatic amines is 1. The highest BCUT2D eigenvalue weighted by molar-refractivity contribution is 9.10. The van der Waals surface area contributed by atoms with Crippen molar-refractivity contribution in [2.24, 2.45) is 0 Å². The van der Waals surface area contributed by atoms with Crippen LogP contribution in [0.4, 0.5) is 11.4 Å². The number of anilines is 1. The number of hydrogen-bond acceptors (Lipinski definition) is 7. The topological polar surface area (TPSA) is 149 Å². The Hall–Kier alpha value is -2.96. The number of H-pyrrole nitrogens is 1. The molecule has 198 valence electrons. The number of benzene rings is 1. The van der Waals surface area contributed by atoms with E-state index in [1.54, 1.807) is 17.9 Å². The molecule has 1 aromatic carbocycles. The number of rotatable bonds is 5. The minimum Gasteiger partial charge on any atom is -0.391 e. The van der Waals surface area contributed by atoms with Crippen molar-refractivity contribution in [3.8, 4) is 0 Å². The first-order chi connectivity index (χ1) is 17.5. The van der Waals surface area contributed by atoms with E-state index in [0.717, 1.165) is 0 Å². The van der Waals surface area contributed by atoms with Crippen LogP contribution in [-0.4, -0.2) is 80.3 Å². The predicted octanol–water partition coefficient (Wildman–Crippen LogP) is 2.88. The number of likely N-dealkylation sites (tertiary alicyclic amines) is 2. The van der Waals surface area contributed by atoms with Gasteiger partial charge in [-0.25, -0.2) is 0 Å². The highest BCUT2D eigenvalue weighted by atomic mass is 79.9. The van der Waals surface area contributed by atoms with Gasteiger partial charge in [0.05, 0.1) is 22.0 Å². The van der Waals surface area contributed by atoms with Gasteiger partial charge in [-0.1, -0.05) is 15.9 Å². The summed E-state index contributed by atoms with van der Waals surface area (Å²) in [6.45, 7) is 2.68. The second kappa shape index (κ2) is 11.2. The molecule has 0 saturated carbocycles. The molecule has 1 aromatic heterocycles. The minimum absolute atomic E-state index is 0.0516. The maximum atomic E-state index is 13.5. The van der Waals surface area contributed by atoms with Crippen LogP contribution in [0, 0.1) is 17.0 Å². The number of aromatic nitrogens is 1. The number of amides is 2. The van der Waals surface area contributed by atoms with Crippen LogP contribution in [0.15, 0.2) is 33.5 Å². The number of aliphatic hydroxyl groups is 1. The molecule has 37 heavy (non-hydrogen) atoms. The van der Waals surface area contributed by atoms with Gasteiger partial charge in [0, 0.05) is 60.1 Å². The number of alkyl halides is 1. The molecule has 3 N–H and O–H groups in total. The van der Waals surface area contributed by atoms with Crippen molar-refractivity contribution in [2.45, 2.75) is 43.7 Å². The largest absolute Gasteiger partial charge is 0.391 e. The van der Waals surface area contributed by atoms with Crippen LogP contribution in [0.5, 0.6) is 0 Å². The normalized spacial score (nSPS) is 22.0. The number of pyridine rings is 1. The monoisotopic (exact) mass is 595 g/mol. The number of hydrogen-bond donors (Lipinski definition) is 3. The summed E-state index contributed by atoms with van der Waals surface area (Å²) in [5.74, 6) is -0.795. The lowest BCUT2D eigenvalue weighted by molar-refractivity contribution is -0.384. The van der Waals surface area contributed by atoms with Crippen molar-refractivity contribution < 1.29 is 19.6 Å². The molecular formula is C24H27BrClN5O6. The first-order valence-electron chi connectivity index (χ1n) is 11.9. The van der Waals surface area contributed by atoms with Gasteiger partial charge in [0.2, 0.25) is 5.56 Å². The van der Waals surface area contributed by atoms with Gasteiger partial charge in [-0.05, 0) is 38.3 Å². The van der Waals surface area contributed by atoms with Crippen LogP contribution < -0.4 is 10.9 Å². The number of aryl methyl sites for hydroxylation is 1. The summed E-state index contributed by atoms with van der Waals surface area (Å²) in [6, 6.07) is 5.31. The fourth-order valence-corrected chi connectivity index (χ4v) is 5.70. The Kier molecular flexibility index (Phi) is 8.20. The van der Waals surface area contributed by atoms with E-state index in [1.807, 2.05) is 0 Å². The molecule has 2 aliphatic rings. The molecule has 2 amide bonds. The third-order valence-electron chi connectivity index (χ3n) is 6.46. The second-order valence-electron chi connectivity index (χ2n) is 9.45. The third kappa shape index (κ3) is 6.31. The first kappa shape index (κ1) is 27.1. The zero-order valence-corrected chi connectivity index (χ0v) is 22.4. The lowest BCUT2D eigenvalue weighted by Crippen LogP contribution is -2.47. The number of nitro benzene ring substituents is 1. The Morgan fingerprint density at radius 3 is 2.62 bits per heavy atom. The molecule has 0 aliphatic carbocycles. The smallest absolute Gasteiger partial charge is 0.294 e. The maximum Gasteiger partial charge on any atom is 0.294 e. The van der Waals surface area contributed by atoms with Crippen molar-refractivity contribution in [1.82, 2.24) is 14.8 Å². The summed E-state index contributed by atoms with van der Waals surface area (Å²) in [7, 11) is 0. The molecule has 3 heterocycles. The van der Waals surface area contributed by atoms with Gasteiger partial charge < -0.3 is 25.2 Å². The molecule has 3 atom stereocenters. The van der Waals surface area contributed by atoms with Gasteiger partial charge in [0.25, 0.3) is 17.5 Å². The molecule has 11 nitrogen and oxygen atoms in total. The number of piperidine rings is 2. The molecule has 0 spiro atoms. The quantitative estimate of drug-likeness (QED) is 0.273. The average Bonchev–Trinajstić information content (AvgIpc) is 2.82. The van der Waals surface area contributed by atoms with Crippen molar-refractivity contribution >= 4 is 50.7 Å². The summed E-state index contributed by atoms with van der Waals surface area (Å²) >= 11 is 9.48. The fraction of sp³-hybridized carbons (Fsp3) is 0.458. The molecule has 2 unspecified atom stereocenters. The van der Waals surface area contributed by atoms with Crippen molar-refractivity contribution in [3.05, 3.63) is 66.0 Å². The van der Waals surface area contributed by atoms with Crippen molar-refractivity contribution in [1.29, 1.82) is 0 Å². The number of nitrogens with one attached hydrogen (secondary N) is 2. The molecule has 2 aliphatic heterocycles. The van der Waals surface area contributed by atoms with Gasteiger partial charge in [-0.15, -0.1) is 11.6 Å². The number of aliphatic hydroxyl groups excluding tert-OH is 1. The number of nitrogens with zero attached hydrogens (tertiary/aromatic N) is 3. The fourth-order valence-electron chi connectivity index (χ4n) is 4.88. The number of carbonyl (C=O) groups is 2. The lowest BCUT2D eigenvalue weighted by atomic mass is 10.0. The van der Waals surface area contributed by atoms with Gasteiger partial charge in [-0.3, -0.25) is 24.5 Å². The van der Waals surface area contributed by atoms with E-state index in [0.29, 0.717) is 36.0 Å². The molecule has 2 fully saturated rings. The molecule has 4 rings (SSSR count). The van der Waals surface area contributed by atoms with E-state index in [4.69, 9.17) is 11.6 Å².